The highest BCUT2D eigenvalue weighted by Gasteiger charge is 2.54. The molecule has 0 amide bonds. The fourth-order valence-corrected chi connectivity index (χ4v) is 7.99. The van der Waals surface area contributed by atoms with E-state index < -0.39 is 0 Å². The summed E-state index contributed by atoms with van der Waals surface area (Å²) >= 11 is 13.1. The second-order valence-corrected chi connectivity index (χ2v) is 12.7. The molecule has 31 heavy (non-hydrogen) atoms. The summed E-state index contributed by atoms with van der Waals surface area (Å²) in [6, 6.07) is 1.27. The summed E-state index contributed by atoms with van der Waals surface area (Å²) in [6.07, 6.45) is 18.3. The minimum atomic E-state index is 0.178. The van der Waals surface area contributed by atoms with Crippen LogP contribution < -0.4 is 0 Å². The summed E-state index contributed by atoms with van der Waals surface area (Å²) in [5, 5.41) is 0.682. The zero-order chi connectivity index (χ0) is 22.6. The van der Waals surface area contributed by atoms with Gasteiger partial charge < -0.3 is 4.90 Å². The molecular formula is C27H41Cl2N2+. The quantitative estimate of drug-likeness (QED) is 0.258. The number of nitrogens with zero attached hydrogens (tertiary/aromatic N) is 2. The highest BCUT2D eigenvalue weighted by atomic mass is 35.5. The van der Waals surface area contributed by atoms with E-state index >= 15 is 0 Å². The molecule has 1 saturated heterocycles. The predicted octanol–water partition coefficient (Wildman–Crippen LogP) is 6.63. The van der Waals surface area contributed by atoms with Gasteiger partial charge in [-0.2, -0.15) is 0 Å². The molecule has 2 aliphatic heterocycles. The van der Waals surface area contributed by atoms with Crippen LogP contribution in [0.15, 0.2) is 36.1 Å². The Balaban J connectivity index is 1.48. The molecule has 0 N–H and O–H groups in total. The van der Waals surface area contributed by atoms with Gasteiger partial charge in [-0.25, -0.2) is 4.58 Å². The lowest BCUT2D eigenvalue weighted by atomic mass is 9.69. The third-order valence-corrected chi connectivity index (χ3v) is 9.95. The van der Waals surface area contributed by atoms with E-state index in [0.717, 1.165) is 25.7 Å². The fourth-order valence-electron chi connectivity index (χ4n) is 7.35. The molecule has 4 aliphatic rings. The molecule has 6 atom stereocenters. The van der Waals surface area contributed by atoms with Crippen LogP contribution in [0, 0.1) is 22.7 Å². The van der Waals surface area contributed by atoms with Crippen molar-refractivity contribution in [3.63, 3.8) is 0 Å². The molecule has 4 heteroatoms. The number of hydrogen-bond donors (Lipinski definition) is 0. The van der Waals surface area contributed by atoms with E-state index in [9.17, 15) is 0 Å². The van der Waals surface area contributed by atoms with Crippen molar-refractivity contribution in [3.05, 3.63) is 36.1 Å². The molecule has 0 aromatic heterocycles. The molecule has 0 aromatic carbocycles. The van der Waals surface area contributed by atoms with E-state index in [1.165, 1.54) is 24.3 Å². The Labute approximate surface area is 200 Å². The number of alkyl halides is 2. The average molecular weight is 465 g/mol. The zero-order valence-corrected chi connectivity index (χ0v) is 21.8. The van der Waals surface area contributed by atoms with Crippen molar-refractivity contribution in [2.45, 2.75) is 89.1 Å². The first-order valence-electron chi connectivity index (χ1n) is 12.2. The van der Waals surface area contributed by atoms with Crippen LogP contribution in [-0.2, 0) is 0 Å². The van der Waals surface area contributed by atoms with Gasteiger partial charge in [-0.1, -0.05) is 32.1 Å². The van der Waals surface area contributed by atoms with Crippen LogP contribution in [0.5, 0.6) is 0 Å². The van der Waals surface area contributed by atoms with Gasteiger partial charge in [0.25, 0.3) is 0 Å². The summed E-state index contributed by atoms with van der Waals surface area (Å²) in [6.45, 7) is 9.60. The first-order valence-corrected chi connectivity index (χ1v) is 13.1. The molecule has 0 spiro atoms. The lowest BCUT2D eigenvalue weighted by Crippen LogP contribution is -2.37. The summed E-state index contributed by atoms with van der Waals surface area (Å²) < 4.78 is 2.53. The van der Waals surface area contributed by atoms with Gasteiger partial charge in [0.15, 0.2) is 11.8 Å². The van der Waals surface area contributed by atoms with Crippen molar-refractivity contribution in [2.75, 3.05) is 14.1 Å². The monoisotopic (exact) mass is 463 g/mol. The van der Waals surface area contributed by atoms with Gasteiger partial charge in [0.1, 0.15) is 7.05 Å². The molecule has 0 bridgehead atoms. The van der Waals surface area contributed by atoms with Crippen LogP contribution in [0.2, 0.25) is 0 Å². The molecule has 2 aliphatic carbocycles. The van der Waals surface area contributed by atoms with Crippen molar-refractivity contribution in [3.8, 4) is 0 Å². The van der Waals surface area contributed by atoms with Crippen molar-refractivity contribution in [2.24, 2.45) is 22.7 Å². The average Bonchev–Trinajstić information content (AvgIpc) is 3.00. The van der Waals surface area contributed by atoms with Crippen molar-refractivity contribution in [1.82, 2.24) is 4.90 Å². The second-order valence-electron chi connectivity index (χ2n) is 11.5. The number of allylic oxidation sites excluding steroid dienone is 6. The SMILES string of the molecule is CN1C(=CC=CC=CC2=[N+](C)C3CCC(Cl)CC3C2(C)C)C(C)(C)C2CC(Cl)CCC21. The van der Waals surface area contributed by atoms with Gasteiger partial charge in [0.2, 0.25) is 0 Å². The van der Waals surface area contributed by atoms with Gasteiger partial charge >= 0.3 is 0 Å². The number of likely N-dealkylation sites (tertiary alicyclic amines) is 1. The Hall–Kier alpha value is -0.730. The molecule has 0 radical (unpaired) electrons. The third kappa shape index (κ3) is 4.05. The van der Waals surface area contributed by atoms with E-state index in [2.05, 4.69) is 81.6 Å². The maximum Gasteiger partial charge on any atom is 0.182 e. The minimum Gasteiger partial charge on any atom is -0.374 e. The molecule has 2 saturated carbocycles. The Morgan fingerprint density at radius 2 is 1.52 bits per heavy atom. The Kier molecular flexibility index (Phi) is 6.47. The van der Waals surface area contributed by atoms with Crippen LogP contribution in [0.25, 0.3) is 0 Å². The third-order valence-electron chi connectivity index (χ3n) is 9.16. The van der Waals surface area contributed by atoms with Gasteiger partial charge in [-0.3, -0.25) is 0 Å². The Bertz CT molecular complexity index is 819. The van der Waals surface area contributed by atoms with Gasteiger partial charge in [0.05, 0.1) is 5.41 Å². The molecule has 2 heterocycles. The first kappa shape index (κ1) is 23.4. The summed E-state index contributed by atoms with van der Waals surface area (Å²) in [5.74, 6) is 1.31. The zero-order valence-electron chi connectivity index (χ0n) is 20.2. The predicted molar refractivity (Wildman–Crippen MR) is 134 cm³/mol. The van der Waals surface area contributed by atoms with E-state index in [0.29, 0.717) is 34.7 Å². The number of hydrogen-bond acceptors (Lipinski definition) is 1. The highest BCUT2D eigenvalue weighted by molar-refractivity contribution is 6.20. The Morgan fingerprint density at radius 1 is 0.871 bits per heavy atom. The number of fused-ring (bicyclic) bond motifs is 2. The normalized spacial score (nSPS) is 40.9. The standard InChI is InChI=1S/C27H41Cl2N2/c1-26(2)20-16-18(28)12-14-22(20)30(5)24(26)10-8-7-9-11-25-27(3,4)21-17-19(29)13-15-23(21)31(25)6/h7-11,18-23H,12-17H2,1-6H3/q+1. The van der Waals surface area contributed by atoms with E-state index in [4.69, 9.17) is 23.2 Å². The molecular weight excluding hydrogens is 423 g/mol. The lowest BCUT2D eigenvalue weighted by molar-refractivity contribution is -0.538. The maximum atomic E-state index is 6.53. The molecule has 172 valence electrons. The molecule has 4 rings (SSSR count). The van der Waals surface area contributed by atoms with Crippen LogP contribution in [0.1, 0.15) is 66.2 Å². The van der Waals surface area contributed by atoms with Crippen molar-refractivity contribution in [1.29, 1.82) is 0 Å². The van der Waals surface area contributed by atoms with Crippen LogP contribution in [0.3, 0.4) is 0 Å². The first-order chi connectivity index (χ1) is 14.5. The number of halogens is 2. The lowest BCUT2D eigenvalue weighted by Gasteiger charge is -2.35. The van der Waals surface area contributed by atoms with E-state index in [-0.39, 0.29) is 10.8 Å². The van der Waals surface area contributed by atoms with E-state index in [1.807, 2.05) is 0 Å². The topological polar surface area (TPSA) is 6.25 Å². The summed E-state index contributed by atoms with van der Waals surface area (Å²) in [4.78, 5) is 2.53. The smallest absolute Gasteiger partial charge is 0.182 e. The van der Waals surface area contributed by atoms with Gasteiger partial charge in [0, 0.05) is 53.4 Å². The van der Waals surface area contributed by atoms with Gasteiger partial charge in [-0.15, -0.1) is 23.2 Å². The largest absolute Gasteiger partial charge is 0.374 e. The highest BCUT2D eigenvalue weighted by Crippen LogP contribution is 2.53. The molecule has 6 unspecified atom stereocenters. The van der Waals surface area contributed by atoms with Crippen molar-refractivity contribution < 1.29 is 4.58 Å². The van der Waals surface area contributed by atoms with Crippen LogP contribution >= 0.6 is 23.2 Å². The minimum absolute atomic E-state index is 0.178. The van der Waals surface area contributed by atoms with Crippen molar-refractivity contribution >= 4 is 28.9 Å². The summed E-state index contributed by atoms with van der Waals surface area (Å²) in [7, 11) is 4.54. The second kappa shape index (κ2) is 8.56. The molecule has 2 nitrogen and oxygen atoms in total. The Morgan fingerprint density at radius 3 is 2.23 bits per heavy atom. The molecule has 3 fully saturated rings. The van der Waals surface area contributed by atoms with Crippen LogP contribution in [0.4, 0.5) is 0 Å². The van der Waals surface area contributed by atoms with Crippen LogP contribution in [-0.4, -0.2) is 52.1 Å². The maximum absolute atomic E-state index is 6.53. The molecule has 0 aromatic rings. The fraction of sp³-hybridized carbons (Fsp3) is 0.741. The van der Waals surface area contributed by atoms with E-state index in [1.54, 1.807) is 0 Å². The van der Waals surface area contributed by atoms with Gasteiger partial charge in [-0.05, 0) is 57.9 Å². The number of rotatable bonds is 3. The summed E-state index contributed by atoms with van der Waals surface area (Å²) in [5.41, 5.74) is 3.25.